The zero-order valence-electron chi connectivity index (χ0n) is 12.6. The molecule has 0 unspecified atom stereocenters. The second-order valence-corrected chi connectivity index (χ2v) is 4.64. The number of hydrogen-bond donors (Lipinski definition) is 1. The summed E-state index contributed by atoms with van der Waals surface area (Å²) in [6, 6.07) is 2.99. The smallest absolute Gasteiger partial charge is 0.352 e. The van der Waals surface area contributed by atoms with E-state index in [0.29, 0.717) is 13.1 Å². The quantitative estimate of drug-likeness (QED) is 0.794. The van der Waals surface area contributed by atoms with Crippen molar-refractivity contribution in [2.24, 2.45) is 0 Å². The molecule has 0 saturated carbocycles. The number of aromatic carboxylic acids is 1. The second kappa shape index (κ2) is 7.47. The van der Waals surface area contributed by atoms with Crippen molar-refractivity contribution < 1.29 is 19.5 Å². The summed E-state index contributed by atoms with van der Waals surface area (Å²) in [5, 5.41) is 8.98. The topological polar surface area (TPSA) is 82.9 Å². The van der Waals surface area contributed by atoms with Crippen LogP contribution >= 0.6 is 0 Å². The molecule has 0 radical (unpaired) electrons. The summed E-state index contributed by atoms with van der Waals surface area (Å²) in [7, 11) is 1.54. The van der Waals surface area contributed by atoms with Gasteiger partial charge >= 0.3 is 5.97 Å². The number of aromatic nitrogens is 1. The van der Waals surface area contributed by atoms with Crippen LogP contribution in [0.4, 0.5) is 0 Å². The Hall–Kier alpha value is -2.31. The number of nitrogens with zero attached hydrogens (tertiary/aromatic N) is 3. The first-order chi connectivity index (χ1) is 9.90. The van der Waals surface area contributed by atoms with Crippen LogP contribution in [0.15, 0.2) is 18.3 Å². The lowest BCUT2D eigenvalue weighted by atomic mass is 10.4. The molecular formula is C14H21N3O4. The van der Waals surface area contributed by atoms with Crippen LogP contribution in [0.1, 0.15) is 24.3 Å². The SMILES string of the molecule is CCN(CC)C(=O)CN(C)C(=O)Cn1cccc1C(=O)O. The molecule has 1 aromatic rings. The number of carbonyl (C=O) groups excluding carboxylic acids is 2. The first kappa shape index (κ1) is 16.7. The van der Waals surface area contributed by atoms with Crippen LogP contribution in [-0.2, 0) is 16.1 Å². The number of carboxylic acids is 1. The number of hydrogen-bond acceptors (Lipinski definition) is 3. The molecule has 0 fully saturated rings. The van der Waals surface area contributed by atoms with Crippen LogP contribution in [0.25, 0.3) is 0 Å². The van der Waals surface area contributed by atoms with Crippen LogP contribution < -0.4 is 0 Å². The summed E-state index contributed by atoms with van der Waals surface area (Å²) >= 11 is 0. The lowest BCUT2D eigenvalue weighted by molar-refractivity contribution is -0.139. The third kappa shape index (κ3) is 4.34. The summed E-state index contributed by atoms with van der Waals surface area (Å²) in [6.45, 7) is 4.83. The van der Waals surface area contributed by atoms with Crippen molar-refractivity contribution in [3.05, 3.63) is 24.0 Å². The summed E-state index contributed by atoms with van der Waals surface area (Å²) in [6.07, 6.45) is 1.53. The molecule has 0 atom stereocenters. The van der Waals surface area contributed by atoms with Gasteiger partial charge in [0.1, 0.15) is 12.2 Å². The van der Waals surface area contributed by atoms with Crippen molar-refractivity contribution in [3.63, 3.8) is 0 Å². The summed E-state index contributed by atoms with van der Waals surface area (Å²) in [5.74, 6) is -1.52. The van der Waals surface area contributed by atoms with Crippen LogP contribution in [0.3, 0.4) is 0 Å². The lowest BCUT2D eigenvalue weighted by Crippen LogP contribution is -2.42. The molecule has 7 heteroatoms. The maximum atomic E-state index is 12.1. The molecule has 1 heterocycles. The molecule has 0 spiro atoms. The number of likely N-dealkylation sites (N-methyl/N-ethyl adjacent to an activating group) is 2. The number of rotatable bonds is 7. The first-order valence-corrected chi connectivity index (χ1v) is 6.80. The van der Waals surface area contributed by atoms with Gasteiger partial charge < -0.3 is 19.5 Å². The fraction of sp³-hybridized carbons (Fsp3) is 0.500. The maximum Gasteiger partial charge on any atom is 0.352 e. The normalized spacial score (nSPS) is 10.2. The molecule has 0 saturated heterocycles. The minimum atomic E-state index is -1.09. The Morgan fingerprint density at radius 1 is 1.19 bits per heavy atom. The molecule has 116 valence electrons. The standard InChI is InChI=1S/C14H21N3O4/c1-4-16(5-2)13(19)9-15(3)12(18)10-17-8-6-7-11(17)14(20)21/h6-8H,4-5,9-10H2,1-3H3,(H,20,21). The Kier molecular flexibility index (Phi) is 5.95. The largest absolute Gasteiger partial charge is 0.477 e. The molecule has 1 N–H and O–H groups in total. The van der Waals surface area contributed by atoms with E-state index in [1.165, 1.54) is 28.8 Å². The van der Waals surface area contributed by atoms with Gasteiger partial charge in [-0.05, 0) is 26.0 Å². The van der Waals surface area contributed by atoms with Crippen LogP contribution in [0, 0.1) is 0 Å². The van der Waals surface area contributed by atoms with Crippen molar-refractivity contribution >= 4 is 17.8 Å². The van der Waals surface area contributed by atoms with Crippen molar-refractivity contribution in [3.8, 4) is 0 Å². The Morgan fingerprint density at radius 2 is 1.81 bits per heavy atom. The van der Waals surface area contributed by atoms with Gasteiger partial charge in [0, 0.05) is 26.3 Å². The molecule has 0 aromatic carbocycles. The summed E-state index contributed by atoms with van der Waals surface area (Å²) < 4.78 is 1.35. The third-order valence-electron chi connectivity index (χ3n) is 3.27. The summed E-state index contributed by atoms with van der Waals surface area (Å²) in [4.78, 5) is 37.9. The highest BCUT2D eigenvalue weighted by Gasteiger charge is 2.18. The fourth-order valence-corrected chi connectivity index (χ4v) is 1.98. The molecule has 2 amide bonds. The monoisotopic (exact) mass is 295 g/mol. The van der Waals surface area contributed by atoms with E-state index in [2.05, 4.69) is 0 Å². The van der Waals surface area contributed by atoms with Crippen LogP contribution in [0.5, 0.6) is 0 Å². The van der Waals surface area contributed by atoms with E-state index in [0.717, 1.165) is 0 Å². The van der Waals surface area contributed by atoms with E-state index in [1.807, 2.05) is 13.8 Å². The highest BCUT2D eigenvalue weighted by molar-refractivity contribution is 5.88. The van der Waals surface area contributed by atoms with Crippen molar-refractivity contribution in [1.29, 1.82) is 0 Å². The van der Waals surface area contributed by atoms with Crippen molar-refractivity contribution in [2.75, 3.05) is 26.7 Å². The van der Waals surface area contributed by atoms with E-state index in [9.17, 15) is 14.4 Å². The molecule has 7 nitrogen and oxygen atoms in total. The second-order valence-electron chi connectivity index (χ2n) is 4.64. The Bertz CT molecular complexity index is 520. The molecular weight excluding hydrogens is 274 g/mol. The van der Waals surface area contributed by atoms with Gasteiger partial charge in [0.05, 0.1) is 6.54 Å². The molecule has 21 heavy (non-hydrogen) atoms. The molecule has 0 bridgehead atoms. The molecule has 0 aliphatic rings. The van der Waals surface area contributed by atoms with Gasteiger partial charge in [0.2, 0.25) is 11.8 Å². The van der Waals surface area contributed by atoms with E-state index in [4.69, 9.17) is 5.11 Å². The predicted molar refractivity (Wildman–Crippen MR) is 77.0 cm³/mol. The number of carbonyl (C=O) groups is 3. The number of carboxylic acid groups (broad SMARTS) is 1. The average molecular weight is 295 g/mol. The van der Waals surface area contributed by atoms with Gasteiger partial charge in [-0.15, -0.1) is 0 Å². The van der Waals surface area contributed by atoms with E-state index in [1.54, 1.807) is 11.0 Å². The first-order valence-electron chi connectivity index (χ1n) is 6.80. The zero-order valence-corrected chi connectivity index (χ0v) is 12.6. The van der Waals surface area contributed by atoms with Crippen molar-refractivity contribution in [1.82, 2.24) is 14.4 Å². The van der Waals surface area contributed by atoms with Gasteiger partial charge in [0.15, 0.2) is 0 Å². The van der Waals surface area contributed by atoms with Gasteiger partial charge in [-0.3, -0.25) is 9.59 Å². The Balaban J connectivity index is 2.65. The Morgan fingerprint density at radius 3 is 2.33 bits per heavy atom. The van der Waals surface area contributed by atoms with Gasteiger partial charge in [0.25, 0.3) is 0 Å². The van der Waals surface area contributed by atoms with Gasteiger partial charge in [-0.1, -0.05) is 0 Å². The van der Waals surface area contributed by atoms with E-state index < -0.39 is 5.97 Å². The highest BCUT2D eigenvalue weighted by atomic mass is 16.4. The lowest BCUT2D eigenvalue weighted by Gasteiger charge is -2.23. The maximum absolute atomic E-state index is 12.1. The highest BCUT2D eigenvalue weighted by Crippen LogP contribution is 2.03. The average Bonchev–Trinajstić information content (AvgIpc) is 2.88. The van der Waals surface area contributed by atoms with E-state index >= 15 is 0 Å². The molecule has 1 rings (SSSR count). The third-order valence-corrected chi connectivity index (χ3v) is 3.27. The predicted octanol–water partition coefficient (Wildman–Crippen LogP) is 0.513. The van der Waals surface area contributed by atoms with E-state index in [-0.39, 0.29) is 30.6 Å². The van der Waals surface area contributed by atoms with Crippen LogP contribution in [0.2, 0.25) is 0 Å². The van der Waals surface area contributed by atoms with Gasteiger partial charge in [-0.25, -0.2) is 4.79 Å². The Labute approximate surface area is 123 Å². The van der Waals surface area contributed by atoms with Crippen LogP contribution in [-0.4, -0.2) is 63.9 Å². The number of amides is 2. The summed E-state index contributed by atoms with van der Waals surface area (Å²) in [5.41, 5.74) is 0.0480. The van der Waals surface area contributed by atoms with Gasteiger partial charge in [-0.2, -0.15) is 0 Å². The minimum absolute atomic E-state index is 0.00974. The van der Waals surface area contributed by atoms with Crippen molar-refractivity contribution in [2.45, 2.75) is 20.4 Å². The molecule has 1 aromatic heterocycles. The fourth-order valence-electron chi connectivity index (χ4n) is 1.98. The molecule has 0 aliphatic carbocycles. The molecule has 0 aliphatic heterocycles. The minimum Gasteiger partial charge on any atom is -0.477 e. The zero-order chi connectivity index (χ0) is 16.0.